The second-order valence-electron chi connectivity index (χ2n) is 10.6. The van der Waals surface area contributed by atoms with Gasteiger partial charge in [0.1, 0.15) is 53.9 Å². The molecule has 2 aliphatic rings. The number of nitrogen functional groups attached to an aromatic ring is 1. The highest BCUT2D eigenvalue weighted by Gasteiger charge is 2.49. The number of aromatic nitrogens is 4. The molecule has 0 spiro atoms. The number of halogens is 2. The first-order valence-electron chi connectivity index (χ1n) is 13.8. The maximum Gasteiger partial charge on any atom is 0.459 e. The number of hydrogen-bond donors (Lipinski definition) is 4. The van der Waals surface area contributed by atoms with Crippen molar-refractivity contribution in [3.63, 3.8) is 0 Å². The van der Waals surface area contributed by atoms with Crippen LogP contribution in [0.15, 0.2) is 30.9 Å². The van der Waals surface area contributed by atoms with Gasteiger partial charge >= 0.3 is 13.7 Å². The number of aliphatic hydroxyl groups excluding tert-OH is 2. The van der Waals surface area contributed by atoms with Gasteiger partial charge in [-0.15, -0.1) is 0 Å². The Morgan fingerprint density at radius 1 is 1.21 bits per heavy atom. The van der Waals surface area contributed by atoms with Crippen molar-refractivity contribution < 1.29 is 42.5 Å². The summed E-state index contributed by atoms with van der Waals surface area (Å²) in [5.74, 6) is -1.39. The summed E-state index contributed by atoms with van der Waals surface area (Å²) in [6.07, 6.45) is 0.141. The molecule has 2 aromatic heterocycles. The van der Waals surface area contributed by atoms with E-state index in [0.29, 0.717) is 0 Å². The molecule has 1 saturated carbocycles. The molecule has 3 heterocycles. The Bertz CT molecular complexity index is 1510. The summed E-state index contributed by atoms with van der Waals surface area (Å²) in [5.41, 5.74) is 6.39. The van der Waals surface area contributed by atoms with E-state index < -0.39 is 56.2 Å². The summed E-state index contributed by atoms with van der Waals surface area (Å²) in [4.78, 5) is 25.0. The number of nitrogens with two attached hydrogens (primary N) is 1. The van der Waals surface area contributed by atoms with Gasteiger partial charge in [0.25, 0.3) is 0 Å². The van der Waals surface area contributed by atoms with E-state index in [4.69, 9.17) is 35.9 Å². The monoisotopic (exact) mass is 642 g/mol. The van der Waals surface area contributed by atoms with Gasteiger partial charge in [-0.2, -0.15) is 5.09 Å². The molecule has 1 aliphatic carbocycles. The van der Waals surface area contributed by atoms with Crippen LogP contribution in [0.25, 0.3) is 11.2 Å². The quantitative estimate of drug-likeness (QED) is 0.186. The fourth-order valence-electron chi connectivity index (χ4n) is 5.13. The zero-order valence-electron chi connectivity index (χ0n) is 23.4. The van der Waals surface area contributed by atoms with Crippen LogP contribution in [0.2, 0.25) is 5.02 Å². The molecule has 5 rings (SSSR count). The molecule has 43 heavy (non-hydrogen) atoms. The number of nitrogens with one attached hydrogen (secondary N) is 1. The van der Waals surface area contributed by atoms with E-state index in [1.807, 2.05) is 0 Å². The van der Waals surface area contributed by atoms with Gasteiger partial charge in [-0.05, 0) is 51.7 Å². The molecule has 1 aromatic carbocycles. The summed E-state index contributed by atoms with van der Waals surface area (Å²) in [6, 6.07) is 2.16. The first-order chi connectivity index (χ1) is 20.5. The van der Waals surface area contributed by atoms with Crippen molar-refractivity contribution >= 4 is 42.3 Å². The fourth-order valence-corrected chi connectivity index (χ4v) is 6.98. The highest BCUT2D eigenvalue weighted by molar-refractivity contribution is 7.52. The molecular formula is C26H33ClFN6O8P. The zero-order chi connectivity index (χ0) is 30.9. The lowest BCUT2D eigenvalue weighted by Gasteiger charge is -2.29. The topological polar surface area (TPSA) is 193 Å². The molecular weight excluding hydrogens is 610 g/mol. The lowest BCUT2D eigenvalue weighted by Crippen LogP contribution is -2.41. The third kappa shape index (κ3) is 6.93. The number of ether oxygens (including phenoxy) is 2. The van der Waals surface area contributed by atoms with Gasteiger partial charge in [0.15, 0.2) is 17.7 Å². The highest BCUT2D eigenvalue weighted by atomic mass is 35.5. The normalized spacial score (nSPS) is 25.7. The van der Waals surface area contributed by atoms with E-state index in [0.717, 1.165) is 44.2 Å². The Labute approximate surface area is 251 Å². The molecule has 17 heteroatoms. The highest BCUT2D eigenvalue weighted by Crippen LogP contribution is 2.48. The smallest absolute Gasteiger partial charge is 0.459 e. The first kappa shape index (κ1) is 31.5. The average Bonchev–Trinajstić information content (AvgIpc) is 3.52. The largest absolute Gasteiger partial charge is 0.461 e. The Kier molecular flexibility index (Phi) is 9.52. The second kappa shape index (κ2) is 13.0. The standard InChI is InChI=1S/C26H33ClFN6O8P/c1-13(26(37)39-15-6-4-3-5-7-15)33-43(38,42-16-8-9-18(28)17(27)10-16)41-14(2)22-20(35)21(36)25(40-22)34-12-32-19-23(29)30-11-31-24(19)34/h8-15,20-22,25,35-36H,3-7H2,1-2H3,(H,33,38)(H2,29,30,31)/t13?,14?,20-,21+,22?,25?,43?/m0/s1. The molecule has 3 aromatic rings. The number of esters is 1. The van der Waals surface area contributed by atoms with Crippen LogP contribution in [-0.4, -0.2) is 72.3 Å². The Balaban J connectivity index is 1.35. The van der Waals surface area contributed by atoms with E-state index in [-0.39, 0.29) is 33.9 Å². The van der Waals surface area contributed by atoms with Crippen molar-refractivity contribution in [3.8, 4) is 5.75 Å². The molecule has 5 N–H and O–H groups in total. The van der Waals surface area contributed by atoms with Crippen LogP contribution in [0.3, 0.4) is 0 Å². The molecule has 0 amide bonds. The summed E-state index contributed by atoms with van der Waals surface area (Å²) in [7, 11) is -4.48. The average molecular weight is 643 g/mol. The number of carbonyl (C=O) groups excluding carboxylic acids is 1. The number of nitrogens with zero attached hydrogens (tertiary/aromatic N) is 4. The molecule has 0 radical (unpaired) electrons. The van der Waals surface area contributed by atoms with E-state index in [1.54, 1.807) is 0 Å². The summed E-state index contributed by atoms with van der Waals surface area (Å²) >= 11 is 5.88. The SMILES string of the molecule is CC(NP(=O)(Oc1ccc(F)c(Cl)c1)OC(C)C1OC(n2cnc3c(N)ncnc32)[C@H](O)[C@@H]1O)C(=O)OC1CCCCC1. The third-order valence-electron chi connectivity index (χ3n) is 7.36. The lowest BCUT2D eigenvalue weighted by atomic mass is 9.98. The molecule has 234 valence electrons. The van der Waals surface area contributed by atoms with Crippen molar-refractivity contribution in [2.24, 2.45) is 0 Å². The van der Waals surface area contributed by atoms with Crippen molar-refractivity contribution in [3.05, 3.63) is 41.7 Å². The van der Waals surface area contributed by atoms with E-state index in [9.17, 15) is 24.0 Å². The van der Waals surface area contributed by atoms with Gasteiger partial charge in [0.05, 0.1) is 17.5 Å². The molecule has 5 unspecified atom stereocenters. The second-order valence-corrected chi connectivity index (χ2v) is 12.6. The lowest BCUT2D eigenvalue weighted by molar-refractivity contribution is -0.152. The van der Waals surface area contributed by atoms with Crippen LogP contribution >= 0.6 is 19.3 Å². The van der Waals surface area contributed by atoms with E-state index in [2.05, 4.69) is 20.0 Å². The van der Waals surface area contributed by atoms with Crippen molar-refractivity contribution in [1.29, 1.82) is 0 Å². The minimum Gasteiger partial charge on any atom is -0.461 e. The number of rotatable bonds is 10. The van der Waals surface area contributed by atoms with Crippen molar-refractivity contribution in [1.82, 2.24) is 24.6 Å². The van der Waals surface area contributed by atoms with Crippen LogP contribution in [0.5, 0.6) is 5.75 Å². The third-order valence-corrected chi connectivity index (χ3v) is 9.42. The van der Waals surface area contributed by atoms with Gasteiger partial charge in [0.2, 0.25) is 0 Å². The van der Waals surface area contributed by atoms with Gasteiger partial charge in [0, 0.05) is 6.07 Å². The van der Waals surface area contributed by atoms with Gasteiger partial charge in [-0.1, -0.05) is 18.0 Å². The van der Waals surface area contributed by atoms with Gasteiger partial charge in [-0.3, -0.25) is 13.9 Å². The van der Waals surface area contributed by atoms with Gasteiger partial charge in [-0.25, -0.2) is 23.9 Å². The molecule has 0 bridgehead atoms. The maximum atomic E-state index is 14.1. The van der Waals surface area contributed by atoms with Crippen LogP contribution in [0, 0.1) is 5.82 Å². The predicted molar refractivity (Wildman–Crippen MR) is 151 cm³/mol. The number of hydrogen-bond acceptors (Lipinski definition) is 12. The Morgan fingerprint density at radius 2 is 1.95 bits per heavy atom. The maximum absolute atomic E-state index is 14.1. The molecule has 2 fully saturated rings. The minimum absolute atomic E-state index is 0.116. The minimum atomic E-state index is -4.48. The number of fused-ring (bicyclic) bond motifs is 1. The predicted octanol–water partition coefficient (Wildman–Crippen LogP) is 3.27. The van der Waals surface area contributed by atoms with Gasteiger partial charge < -0.3 is 29.9 Å². The number of anilines is 1. The summed E-state index contributed by atoms with van der Waals surface area (Å²) in [5, 5.41) is 24.0. The van der Waals surface area contributed by atoms with Crippen LogP contribution < -0.4 is 15.3 Å². The molecule has 7 atom stereocenters. The van der Waals surface area contributed by atoms with E-state index in [1.165, 1.54) is 37.1 Å². The number of benzene rings is 1. The summed E-state index contributed by atoms with van der Waals surface area (Å²) in [6.45, 7) is 2.88. The van der Waals surface area contributed by atoms with Crippen LogP contribution in [0.1, 0.15) is 52.2 Å². The summed E-state index contributed by atoms with van der Waals surface area (Å²) < 4.78 is 52.3. The number of imidazole rings is 1. The zero-order valence-corrected chi connectivity index (χ0v) is 25.0. The number of carbonyl (C=O) groups is 1. The van der Waals surface area contributed by atoms with Crippen LogP contribution in [0.4, 0.5) is 10.2 Å². The molecule has 14 nitrogen and oxygen atoms in total. The molecule has 1 aliphatic heterocycles. The van der Waals surface area contributed by atoms with E-state index >= 15 is 0 Å². The Morgan fingerprint density at radius 3 is 2.67 bits per heavy atom. The van der Waals surface area contributed by atoms with Crippen LogP contribution in [-0.2, 0) is 23.4 Å². The fraction of sp³-hybridized carbons (Fsp3) is 0.538. The first-order valence-corrected chi connectivity index (χ1v) is 15.7. The van der Waals surface area contributed by atoms with Crippen molar-refractivity contribution in [2.75, 3.05) is 5.73 Å². The molecule has 1 saturated heterocycles. The van der Waals surface area contributed by atoms with Crippen molar-refractivity contribution in [2.45, 2.75) is 88.7 Å². The number of aliphatic hydroxyl groups is 2. The Hall–Kier alpha value is -2.91.